The van der Waals surface area contributed by atoms with E-state index in [0.29, 0.717) is 30.9 Å². The van der Waals surface area contributed by atoms with E-state index in [1.807, 2.05) is 6.92 Å². The van der Waals surface area contributed by atoms with Crippen LogP contribution in [0.2, 0.25) is 0 Å². The molecule has 1 N–H and O–H groups in total. The highest BCUT2D eigenvalue weighted by molar-refractivity contribution is 7.80. The molecule has 1 aliphatic rings. The van der Waals surface area contributed by atoms with Gasteiger partial charge in [-0.3, -0.25) is 9.00 Å². The second-order valence-electron chi connectivity index (χ2n) is 6.14. The summed E-state index contributed by atoms with van der Waals surface area (Å²) in [6, 6.07) is 6.06. The summed E-state index contributed by atoms with van der Waals surface area (Å²) in [7, 11) is 0. The molecule has 0 radical (unpaired) electrons. The number of anilines is 1. The van der Waals surface area contributed by atoms with Gasteiger partial charge in [0.1, 0.15) is 0 Å². The second kappa shape index (κ2) is 8.30. The van der Waals surface area contributed by atoms with Gasteiger partial charge >= 0.3 is 6.09 Å². The van der Waals surface area contributed by atoms with Crippen LogP contribution >= 0.6 is 0 Å². The number of hydrogen-bond donors (Lipinski definition) is 1. The number of nitrogens with zero attached hydrogens (tertiary/aromatic N) is 2. The number of carbonyl (C=O) groups is 2. The van der Waals surface area contributed by atoms with Crippen molar-refractivity contribution < 1.29 is 23.1 Å². The number of hydrogen-bond acceptors (Lipinski definition) is 5. The molecule has 2 atom stereocenters. The zero-order chi connectivity index (χ0) is 18.6. The van der Waals surface area contributed by atoms with Crippen molar-refractivity contribution >= 4 is 29.0 Å². The first kappa shape index (κ1) is 19.2. The van der Waals surface area contributed by atoms with Gasteiger partial charge in [0.25, 0.3) is 5.91 Å². The highest BCUT2D eigenvalue weighted by Crippen LogP contribution is 2.17. The van der Waals surface area contributed by atoms with E-state index in [9.17, 15) is 18.4 Å². The van der Waals surface area contributed by atoms with E-state index in [0.717, 1.165) is 0 Å². The van der Waals surface area contributed by atoms with Crippen LogP contribution in [0.5, 0.6) is 0 Å². The predicted molar refractivity (Wildman–Crippen MR) is 92.7 cm³/mol. The Bertz CT molecular complexity index is 650. The molecule has 0 bridgehead atoms. The second-order valence-corrected chi connectivity index (χ2v) is 6.81. The number of ether oxygens (including phenoxy) is 1. The molecule has 138 valence electrons. The van der Waals surface area contributed by atoms with Crippen molar-refractivity contribution in [3.63, 3.8) is 0 Å². The lowest BCUT2D eigenvalue weighted by atomic mass is 10.1. The highest BCUT2D eigenvalue weighted by Gasteiger charge is 2.31. The minimum Gasteiger partial charge on any atom is -0.755 e. The first-order valence-corrected chi connectivity index (χ1v) is 9.08. The lowest BCUT2D eigenvalue weighted by molar-refractivity contribution is 0.0338. The average Bonchev–Trinajstić information content (AvgIpc) is 2.53. The van der Waals surface area contributed by atoms with Crippen LogP contribution in [0, 0.1) is 0 Å². The number of piperazine rings is 1. The lowest BCUT2D eigenvalue weighted by Gasteiger charge is -2.39. The Hall–Kier alpha value is -2.13. The molecular weight excluding hydrogens is 346 g/mol. The van der Waals surface area contributed by atoms with E-state index in [4.69, 9.17) is 4.74 Å². The van der Waals surface area contributed by atoms with Gasteiger partial charge in [-0.15, -0.1) is 0 Å². The van der Waals surface area contributed by atoms with Crippen LogP contribution in [0.3, 0.4) is 0 Å². The monoisotopic (exact) mass is 368 g/mol. The van der Waals surface area contributed by atoms with Crippen molar-refractivity contribution in [1.82, 2.24) is 9.80 Å². The summed E-state index contributed by atoms with van der Waals surface area (Å²) >= 11 is -2.40. The van der Waals surface area contributed by atoms with Gasteiger partial charge in [0.15, 0.2) is 0 Å². The van der Waals surface area contributed by atoms with Gasteiger partial charge in [0, 0.05) is 48.2 Å². The van der Waals surface area contributed by atoms with Crippen LogP contribution in [-0.4, -0.2) is 62.3 Å². The number of nitrogens with one attached hydrogen (secondary N) is 1. The quantitative estimate of drug-likeness (QED) is 0.813. The average molecular weight is 368 g/mol. The van der Waals surface area contributed by atoms with Gasteiger partial charge in [0.2, 0.25) is 0 Å². The molecule has 1 fully saturated rings. The molecule has 2 unspecified atom stereocenters. The van der Waals surface area contributed by atoms with Gasteiger partial charge in [-0.1, -0.05) is 0 Å². The maximum atomic E-state index is 12.6. The van der Waals surface area contributed by atoms with E-state index in [-0.39, 0.29) is 24.1 Å². The summed E-state index contributed by atoms with van der Waals surface area (Å²) in [5.74, 6) is -0.154. The summed E-state index contributed by atoms with van der Waals surface area (Å²) < 4.78 is 28.6. The molecule has 25 heavy (non-hydrogen) atoms. The van der Waals surface area contributed by atoms with Gasteiger partial charge in [-0.05, 0) is 45.0 Å². The smallest absolute Gasteiger partial charge is 0.410 e. The first-order chi connectivity index (χ1) is 11.8. The van der Waals surface area contributed by atoms with Gasteiger partial charge < -0.3 is 23.8 Å². The predicted octanol–water partition coefficient (Wildman–Crippen LogP) is 1.58. The SMILES string of the molecule is CC(C)OC(=O)N1CCN(C(=O)c2ccc(NS(=O)[O-])cc2)C(C)C1. The molecule has 1 aromatic rings. The maximum Gasteiger partial charge on any atom is 0.410 e. The summed E-state index contributed by atoms with van der Waals surface area (Å²) in [4.78, 5) is 27.9. The van der Waals surface area contributed by atoms with Crippen molar-refractivity contribution in [2.75, 3.05) is 24.4 Å². The molecule has 0 spiro atoms. The van der Waals surface area contributed by atoms with Crippen LogP contribution in [-0.2, 0) is 16.0 Å². The number of rotatable bonds is 4. The van der Waals surface area contributed by atoms with Crippen molar-refractivity contribution in [3.05, 3.63) is 29.8 Å². The van der Waals surface area contributed by atoms with E-state index >= 15 is 0 Å². The van der Waals surface area contributed by atoms with Crippen molar-refractivity contribution in [1.29, 1.82) is 0 Å². The van der Waals surface area contributed by atoms with Crippen LogP contribution in [0.4, 0.5) is 10.5 Å². The molecule has 0 saturated carbocycles. The van der Waals surface area contributed by atoms with Crippen LogP contribution in [0.25, 0.3) is 0 Å². The zero-order valence-corrected chi connectivity index (χ0v) is 15.2. The molecule has 1 heterocycles. The van der Waals surface area contributed by atoms with Crippen molar-refractivity contribution in [2.45, 2.75) is 32.9 Å². The molecule has 9 heteroatoms. The maximum absolute atomic E-state index is 12.6. The summed E-state index contributed by atoms with van der Waals surface area (Å²) in [6.45, 7) is 6.70. The molecule has 2 amide bonds. The number of carbonyl (C=O) groups excluding carboxylic acids is 2. The third kappa shape index (κ3) is 5.17. The van der Waals surface area contributed by atoms with Crippen molar-refractivity contribution in [2.24, 2.45) is 0 Å². The molecule has 1 saturated heterocycles. The van der Waals surface area contributed by atoms with Crippen LogP contribution in [0.15, 0.2) is 24.3 Å². The Morgan fingerprint density at radius 3 is 2.44 bits per heavy atom. The fraction of sp³-hybridized carbons (Fsp3) is 0.500. The van der Waals surface area contributed by atoms with E-state index < -0.39 is 11.3 Å². The minimum absolute atomic E-state index is 0.145. The standard InChI is InChI=1S/C16H23N3O5S/c1-11(2)24-16(21)18-8-9-19(12(3)10-18)15(20)13-4-6-14(7-5-13)17-25(22)23/h4-7,11-12,17H,8-10H2,1-3H3,(H,22,23)/p-1. The molecule has 8 nitrogen and oxygen atoms in total. The van der Waals surface area contributed by atoms with Crippen LogP contribution < -0.4 is 4.72 Å². The van der Waals surface area contributed by atoms with Gasteiger partial charge in [-0.25, -0.2) is 4.79 Å². The first-order valence-electron chi connectivity index (χ1n) is 8.00. The highest BCUT2D eigenvalue weighted by atomic mass is 32.2. The topological polar surface area (TPSA) is 102 Å². The molecular formula is C16H22N3O5S-. The van der Waals surface area contributed by atoms with Crippen LogP contribution in [0.1, 0.15) is 31.1 Å². The zero-order valence-electron chi connectivity index (χ0n) is 14.4. The molecule has 1 aliphatic heterocycles. The molecule has 2 rings (SSSR count). The normalized spacial score (nSPS) is 18.8. The Balaban J connectivity index is 1.99. The Kier molecular flexibility index (Phi) is 6.38. The Morgan fingerprint density at radius 2 is 1.92 bits per heavy atom. The Morgan fingerprint density at radius 1 is 1.28 bits per heavy atom. The third-order valence-electron chi connectivity index (χ3n) is 3.82. The van der Waals surface area contributed by atoms with Gasteiger partial charge in [-0.2, -0.15) is 0 Å². The van der Waals surface area contributed by atoms with E-state index in [1.165, 1.54) is 12.1 Å². The molecule has 0 aliphatic carbocycles. The van der Waals surface area contributed by atoms with Gasteiger partial charge in [0.05, 0.1) is 6.10 Å². The Labute approximate surface area is 149 Å². The third-order valence-corrected chi connectivity index (χ3v) is 4.22. The molecule has 1 aromatic carbocycles. The largest absolute Gasteiger partial charge is 0.755 e. The number of amides is 2. The fourth-order valence-corrected chi connectivity index (χ4v) is 2.97. The summed E-state index contributed by atoms with van der Waals surface area (Å²) in [5.41, 5.74) is 0.853. The van der Waals surface area contributed by atoms with E-state index in [1.54, 1.807) is 35.8 Å². The summed E-state index contributed by atoms with van der Waals surface area (Å²) in [5, 5.41) is 0. The minimum atomic E-state index is -2.40. The summed E-state index contributed by atoms with van der Waals surface area (Å²) in [6.07, 6.45) is -0.548. The number of benzene rings is 1. The van der Waals surface area contributed by atoms with Crippen molar-refractivity contribution in [3.8, 4) is 0 Å². The fourth-order valence-electron chi connectivity index (χ4n) is 2.64. The van der Waals surface area contributed by atoms with E-state index in [2.05, 4.69) is 4.72 Å². The molecule has 0 aromatic heterocycles. The lowest BCUT2D eigenvalue weighted by Crippen LogP contribution is -2.55.